The number of Topliss-reactive ketones (excluding diaryl/α,β-unsaturated/α-hetero) is 2. The Kier molecular flexibility index (Phi) is 9.67. The van der Waals surface area contributed by atoms with E-state index in [9.17, 15) is 55.3 Å². The number of anilines is 2. The number of carbonyl (C=O) groups excluding carboxylic acids is 2. The van der Waals surface area contributed by atoms with Gasteiger partial charge in [-0.15, -0.1) is 0 Å². The molecule has 0 bridgehead atoms. The molecule has 2 heterocycles. The predicted molar refractivity (Wildman–Crippen MR) is 194 cm³/mol. The van der Waals surface area contributed by atoms with E-state index in [0.717, 1.165) is 24.3 Å². The molecule has 0 saturated heterocycles. The summed E-state index contributed by atoms with van der Waals surface area (Å²) >= 11 is 0. The second kappa shape index (κ2) is 14.2. The van der Waals surface area contributed by atoms with Gasteiger partial charge in [0.05, 0.1) is 22.5 Å². The standard InChI is InChI=1S/C34H22N6O12S2/c41-31-25(15-27(53(47,48)49)21-3-1-11-35-29(21)31)39-37-19-9-7-17(23(13-19)33(43)44)5-6-18-8-10-20(14-24(18)34(45)46)38-40-26-16-28(54(50,51)52)22-4-2-12-36-30(22)32(26)42/h1-16,37-38H,(H,43,44)(H,45,46)(H,47,48,49)(H,50,51,52)/b6-5+,39-25-,40-26-. The molecule has 0 radical (unpaired) electrons. The van der Waals surface area contributed by atoms with Crippen molar-refractivity contribution in [3.63, 3.8) is 0 Å². The van der Waals surface area contributed by atoms with Gasteiger partial charge in [0.1, 0.15) is 32.6 Å². The van der Waals surface area contributed by atoms with Gasteiger partial charge in [-0.1, -0.05) is 24.3 Å². The van der Waals surface area contributed by atoms with Crippen molar-refractivity contribution in [3.05, 3.63) is 130 Å². The van der Waals surface area contributed by atoms with E-state index < -0.39 is 65.0 Å². The van der Waals surface area contributed by atoms with Crippen LogP contribution in [-0.2, 0) is 20.2 Å². The molecule has 0 saturated carbocycles. The van der Waals surface area contributed by atoms with Crippen molar-refractivity contribution in [3.8, 4) is 0 Å². The fourth-order valence-corrected chi connectivity index (χ4v) is 6.69. The van der Waals surface area contributed by atoms with Crippen LogP contribution in [0.1, 0.15) is 63.9 Å². The van der Waals surface area contributed by atoms with Gasteiger partial charge < -0.3 is 10.2 Å². The number of hydrazone groups is 2. The van der Waals surface area contributed by atoms with E-state index in [2.05, 4.69) is 31.0 Å². The number of carboxylic acid groups (broad SMARTS) is 2. The van der Waals surface area contributed by atoms with Gasteiger partial charge in [0.25, 0.3) is 20.2 Å². The van der Waals surface area contributed by atoms with Crippen molar-refractivity contribution in [2.45, 2.75) is 0 Å². The highest BCUT2D eigenvalue weighted by Gasteiger charge is 2.32. The summed E-state index contributed by atoms with van der Waals surface area (Å²) in [4.78, 5) is 56.7. The Labute approximate surface area is 304 Å². The first kappa shape index (κ1) is 36.8. The quantitative estimate of drug-likeness (QED) is 0.0758. The summed E-state index contributed by atoms with van der Waals surface area (Å²) in [5.74, 6) is -4.30. The molecule has 2 aromatic heterocycles. The Balaban J connectivity index is 1.25. The molecule has 2 aromatic carbocycles. The van der Waals surface area contributed by atoms with Crippen LogP contribution in [0, 0.1) is 0 Å². The van der Waals surface area contributed by atoms with Crippen LogP contribution in [0.5, 0.6) is 0 Å². The number of fused-ring (bicyclic) bond motifs is 2. The Morgan fingerprint density at radius 1 is 0.630 bits per heavy atom. The van der Waals surface area contributed by atoms with Gasteiger partial charge in [-0.2, -0.15) is 27.0 Å². The van der Waals surface area contributed by atoms with Crippen LogP contribution in [0.2, 0.25) is 0 Å². The van der Waals surface area contributed by atoms with Crippen LogP contribution >= 0.6 is 0 Å². The number of ketones is 2. The third kappa shape index (κ3) is 7.47. The molecule has 6 rings (SSSR count). The molecule has 4 aromatic rings. The number of carboxylic acids is 2. The second-order valence-corrected chi connectivity index (χ2v) is 14.0. The van der Waals surface area contributed by atoms with Gasteiger partial charge in [0, 0.05) is 23.5 Å². The first-order chi connectivity index (χ1) is 25.5. The van der Waals surface area contributed by atoms with Crippen molar-refractivity contribution in [1.29, 1.82) is 0 Å². The normalized spacial score (nSPS) is 15.7. The van der Waals surface area contributed by atoms with E-state index in [-0.39, 0.29) is 56.1 Å². The lowest BCUT2D eigenvalue weighted by Gasteiger charge is -2.15. The SMILES string of the molecule is O=C(O)c1cc(N/N=C2/C=C(S(=O)(=O)O)c3cccnc3C2=O)ccc1/C=C/c1ccc(N/N=C2/C=C(S(=O)(=O)O)c3cccnc3C2=O)cc1C(=O)O. The minimum absolute atomic E-state index is 0.0658. The van der Waals surface area contributed by atoms with Crippen LogP contribution in [0.4, 0.5) is 11.4 Å². The zero-order chi connectivity index (χ0) is 38.9. The molecule has 6 N–H and O–H groups in total. The van der Waals surface area contributed by atoms with Crippen LogP contribution in [-0.4, -0.2) is 81.1 Å². The maximum atomic E-state index is 12.9. The summed E-state index contributed by atoms with van der Waals surface area (Å²) in [7, 11) is -9.56. The van der Waals surface area contributed by atoms with E-state index in [4.69, 9.17) is 0 Å². The molecule has 0 amide bonds. The number of aromatic carboxylic acids is 2. The van der Waals surface area contributed by atoms with E-state index in [1.165, 1.54) is 73.1 Å². The van der Waals surface area contributed by atoms with Gasteiger partial charge in [-0.25, -0.2) is 9.59 Å². The average Bonchev–Trinajstić information content (AvgIpc) is 3.12. The zero-order valence-corrected chi connectivity index (χ0v) is 28.5. The highest BCUT2D eigenvalue weighted by molar-refractivity contribution is 7.95. The molecule has 0 atom stereocenters. The van der Waals surface area contributed by atoms with Crippen molar-refractivity contribution in [2.24, 2.45) is 10.2 Å². The summed E-state index contributed by atoms with van der Waals surface area (Å²) in [5.41, 5.74) is 3.16. The predicted octanol–water partition coefficient (Wildman–Crippen LogP) is 3.83. The molecule has 20 heteroatoms. The molecule has 2 aliphatic rings. The lowest BCUT2D eigenvalue weighted by molar-refractivity contribution is 0.0685. The lowest BCUT2D eigenvalue weighted by Crippen LogP contribution is -2.24. The first-order valence-corrected chi connectivity index (χ1v) is 17.9. The van der Waals surface area contributed by atoms with Crippen molar-refractivity contribution in [2.75, 3.05) is 10.9 Å². The van der Waals surface area contributed by atoms with Gasteiger partial charge in [0.15, 0.2) is 0 Å². The average molecular weight is 771 g/mol. The molecule has 2 aliphatic carbocycles. The molecule has 0 spiro atoms. The van der Waals surface area contributed by atoms with Crippen molar-refractivity contribution < 1.29 is 55.3 Å². The maximum absolute atomic E-state index is 12.9. The number of nitrogens with one attached hydrogen (secondary N) is 2. The Morgan fingerprint density at radius 3 is 1.37 bits per heavy atom. The number of rotatable bonds is 10. The molecule has 18 nitrogen and oxygen atoms in total. The van der Waals surface area contributed by atoms with Gasteiger partial charge >= 0.3 is 11.9 Å². The molecule has 272 valence electrons. The highest BCUT2D eigenvalue weighted by atomic mass is 32.2. The Hall–Kier alpha value is -7.00. The zero-order valence-electron chi connectivity index (χ0n) is 26.9. The molecule has 54 heavy (non-hydrogen) atoms. The molecular formula is C34H22N6O12S2. The van der Waals surface area contributed by atoms with E-state index >= 15 is 0 Å². The van der Waals surface area contributed by atoms with Crippen LogP contribution < -0.4 is 10.9 Å². The summed E-state index contributed by atoms with van der Waals surface area (Å²) < 4.78 is 67.2. The van der Waals surface area contributed by atoms with Gasteiger partial charge in [0.2, 0.25) is 11.6 Å². The first-order valence-electron chi connectivity index (χ1n) is 15.0. The van der Waals surface area contributed by atoms with E-state index in [1.54, 1.807) is 0 Å². The summed E-state index contributed by atoms with van der Waals surface area (Å²) in [6, 6.07) is 13.1. The van der Waals surface area contributed by atoms with Crippen LogP contribution in [0.3, 0.4) is 0 Å². The number of hydrogen-bond donors (Lipinski definition) is 6. The fourth-order valence-electron chi connectivity index (χ4n) is 5.28. The Bertz CT molecular complexity index is 2530. The maximum Gasteiger partial charge on any atom is 0.336 e. The largest absolute Gasteiger partial charge is 0.478 e. The number of nitrogens with zero attached hydrogens (tertiary/aromatic N) is 4. The second-order valence-electron chi connectivity index (χ2n) is 11.2. The fraction of sp³-hybridized carbons (Fsp3) is 0. The topological polar surface area (TPSA) is 292 Å². The monoisotopic (exact) mass is 770 g/mol. The summed E-state index contributed by atoms with van der Waals surface area (Å²) in [6.07, 6.45) is 6.86. The molecule has 0 fully saturated rings. The lowest BCUT2D eigenvalue weighted by atomic mass is 10.00. The molecule has 0 unspecified atom stereocenters. The Morgan fingerprint density at radius 2 is 1.02 bits per heavy atom. The minimum atomic E-state index is -4.78. The highest BCUT2D eigenvalue weighted by Crippen LogP contribution is 2.30. The van der Waals surface area contributed by atoms with Crippen molar-refractivity contribution >= 4 is 88.5 Å². The van der Waals surface area contributed by atoms with Gasteiger partial charge in [-0.3, -0.25) is 39.5 Å². The smallest absolute Gasteiger partial charge is 0.336 e. The number of hydrogen-bond acceptors (Lipinski definition) is 14. The molecular weight excluding hydrogens is 749 g/mol. The summed E-state index contributed by atoms with van der Waals surface area (Å²) in [5, 5.41) is 27.6. The number of allylic oxidation sites excluding steroid dienone is 2. The third-order valence-electron chi connectivity index (χ3n) is 7.75. The van der Waals surface area contributed by atoms with Crippen molar-refractivity contribution in [1.82, 2.24) is 9.97 Å². The summed E-state index contributed by atoms with van der Waals surface area (Å²) in [6.45, 7) is 0. The molecule has 0 aliphatic heterocycles. The van der Waals surface area contributed by atoms with Gasteiger partial charge in [-0.05, 0) is 71.8 Å². The minimum Gasteiger partial charge on any atom is -0.478 e. The number of carbonyl (C=O) groups is 4. The number of pyridine rings is 2. The van der Waals surface area contributed by atoms with Crippen LogP contribution in [0.25, 0.3) is 22.0 Å². The third-order valence-corrected chi connectivity index (χ3v) is 9.54. The van der Waals surface area contributed by atoms with E-state index in [0.29, 0.717) is 0 Å². The number of aromatic nitrogens is 2. The number of benzene rings is 2. The van der Waals surface area contributed by atoms with Crippen LogP contribution in [0.15, 0.2) is 95.4 Å². The van der Waals surface area contributed by atoms with E-state index in [1.807, 2.05) is 0 Å².